The van der Waals surface area contributed by atoms with Gasteiger partial charge >= 0.3 is 0 Å². The predicted molar refractivity (Wildman–Crippen MR) is 111 cm³/mol. The van der Waals surface area contributed by atoms with Gasteiger partial charge in [0.15, 0.2) is 17.3 Å². The second kappa shape index (κ2) is 8.39. The van der Waals surface area contributed by atoms with Crippen molar-refractivity contribution in [3.8, 4) is 11.5 Å². The van der Waals surface area contributed by atoms with Crippen molar-refractivity contribution in [2.75, 3.05) is 27.3 Å². The molecular formula is C24H27NO4. The van der Waals surface area contributed by atoms with E-state index in [-0.39, 0.29) is 5.78 Å². The van der Waals surface area contributed by atoms with Crippen LogP contribution in [-0.4, -0.2) is 49.2 Å². The van der Waals surface area contributed by atoms with Crippen LogP contribution < -0.4 is 9.47 Å². The zero-order chi connectivity index (χ0) is 20.4. The summed E-state index contributed by atoms with van der Waals surface area (Å²) in [6.45, 7) is 2.57. The smallest absolute Gasteiger partial charge is 0.169 e. The zero-order valence-corrected chi connectivity index (χ0v) is 16.9. The van der Waals surface area contributed by atoms with Gasteiger partial charge < -0.3 is 14.6 Å². The van der Waals surface area contributed by atoms with E-state index < -0.39 is 12.0 Å². The topological polar surface area (TPSA) is 59.0 Å². The lowest BCUT2D eigenvalue weighted by molar-refractivity contribution is 0.0773. The highest BCUT2D eigenvalue weighted by Gasteiger charge is 2.38. The predicted octanol–water partition coefficient (Wildman–Crippen LogP) is 3.25. The Bertz CT molecular complexity index is 922. The molecule has 4 rings (SSSR count). The third-order valence-electron chi connectivity index (χ3n) is 5.99. The van der Waals surface area contributed by atoms with Crippen LogP contribution in [0.2, 0.25) is 0 Å². The van der Waals surface area contributed by atoms with Gasteiger partial charge in [-0.15, -0.1) is 0 Å². The Morgan fingerprint density at radius 1 is 1.14 bits per heavy atom. The fourth-order valence-corrected chi connectivity index (χ4v) is 4.34. The molecule has 2 aromatic carbocycles. The molecule has 1 aliphatic carbocycles. The molecule has 5 heteroatoms. The summed E-state index contributed by atoms with van der Waals surface area (Å²) in [5, 5.41) is 11.0. The van der Waals surface area contributed by atoms with Crippen molar-refractivity contribution >= 4 is 5.78 Å². The van der Waals surface area contributed by atoms with Crippen LogP contribution in [0.5, 0.6) is 11.5 Å². The molecule has 0 radical (unpaired) electrons. The van der Waals surface area contributed by atoms with E-state index in [1.165, 1.54) is 5.56 Å². The second-order valence-electron chi connectivity index (χ2n) is 7.73. The number of benzene rings is 2. The molecule has 0 unspecified atom stereocenters. The van der Waals surface area contributed by atoms with Crippen LogP contribution in [0.15, 0.2) is 54.1 Å². The molecule has 1 aliphatic heterocycles. The molecule has 0 bridgehead atoms. The Labute approximate surface area is 171 Å². The van der Waals surface area contributed by atoms with Crippen LogP contribution in [0.4, 0.5) is 0 Å². The molecule has 2 aliphatic rings. The minimum atomic E-state index is -0.745. The molecular weight excluding hydrogens is 366 g/mol. The maximum absolute atomic E-state index is 13.0. The summed E-state index contributed by atoms with van der Waals surface area (Å²) in [6.07, 6.45) is 2.65. The van der Waals surface area contributed by atoms with Gasteiger partial charge in [0.1, 0.15) is 0 Å². The van der Waals surface area contributed by atoms with Crippen LogP contribution in [0, 0.1) is 5.92 Å². The minimum Gasteiger partial charge on any atom is -0.493 e. The number of aliphatic hydroxyl groups is 1. The molecule has 0 amide bonds. The van der Waals surface area contributed by atoms with Crippen molar-refractivity contribution < 1.29 is 19.4 Å². The number of hydrogen-bond donors (Lipinski definition) is 1. The number of Topliss-reactive ketones (excluding diaryl/α,β-unsaturated/α-hetero) is 1. The third-order valence-corrected chi connectivity index (χ3v) is 5.99. The molecule has 1 heterocycles. The number of methoxy groups -OCH3 is 2. The van der Waals surface area contributed by atoms with Crippen molar-refractivity contribution in [2.24, 2.45) is 5.92 Å². The Balaban J connectivity index is 1.45. The molecule has 5 nitrogen and oxygen atoms in total. The van der Waals surface area contributed by atoms with Crippen molar-refractivity contribution in [2.45, 2.75) is 25.5 Å². The Morgan fingerprint density at radius 2 is 1.86 bits per heavy atom. The summed E-state index contributed by atoms with van der Waals surface area (Å²) in [6, 6.07) is 14.0. The summed E-state index contributed by atoms with van der Waals surface area (Å²) < 4.78 is 10.7. The fourth-order valence-electron chi connectivity index (χ4n) is 4.34. The first kappa shape index (κ1) is 19.7. The first-order valence-electron chi connectivity index (χ1n) is 10.0. The van der Waals surface area contributed by atoms with Crippen LogP contribution >= 0.6 is 0 Å². The van der Waals surface area contributed by atoms with E-state index in [9.17, 15) is 9.90 Å². The molecule has 1 N–H and O–H groups in total. The molecule has 0 saturated carbocycles. The van der Waals surface area contributed by atoms with Crippen LogP contribution in [-0.2, 0) is 13.0 Å². The maximum atomic E-state index is 13.0. The van der Waals surface area contributed by atoms with Crippen molar-refractivity contribution in [1.82, 2.24) is 4.90 Å². The van der Waals surface area contributed by atoms with Crippen molar-refractivity contribution in [3.63, 3.8) is 0 Å². The van der Waals surface area contributed by atoms with E-state index in [1.807, 2.05) is 12.1 Å². The highest BCUT2D eigenvalue weighted by Crippen LogP contribution is 2.39. The second-order valence-corrected chi connectivity index (χ2v) is 7.73. The van der Waals surface area contributed by atoms with Gasteiger partial charge in [0, 0.05) is 25.2 Å². The van der Waals surface area contributed by atoms with Gasteiger partial charge in [-0.05, 0) is 41.7 Å². The lowest BCUT2D eigenvalue weighted by Crippen LogP contribution is -2.34. The first-order chi connectivity index (χ1) is 14.1. The van der Waals surface area contributed by atoms with Gasteiger partial charge in [-0.25, -0.2) is 0 Å². The third kappa shape index (κ3) is 3.93. The van der Waals surface area contributed by atoms with E-state index >= 15 is 0 Å². The van der Waals surface area contributed by atoms with E-state index in [2.05, 4.69) is 35.2 Å². The Morgan fingerprint density at radius 3 is 2.52 bits per heavy atom. The van der Waals surface area contributed by atoms with Gasteiger partial charge in [-0.1, -0.05) is 36.4 Å². The standard InChI is InChI=1S/C24H27NO4/c1-28-21-13-18-12-20(24(27)19(18)14-22(21)29-2)23(26)17-8-10-25(11-9-17)15-16-6-4-3-5-7-16/h3-8,13-14,20,23,26H,9-12,15H2,1-2H3/t20-,23-/m0/s1. The number of hydrogen-bond acceptors (Lipinski definition) is 5. The number of aliphatic hydroxyl groups excluding tert-OH is 1. The van der Waals surface area contributed by atoms with Crippen LogP contribution in [0.25, 0.3) is 0 Å². The summed E-state index contributed by atoms with van der Waals surface area (Å²) >= 11 is 0. The molecule has 0 spiro atoms. The largest absolute Gasteiger partial charge is 0.493 e. The number of carbonyl (C=O) groups excluding carboxylic acids is 1. The van der Waals surface area contributed by atoms with E-state index in [0.717, 1.165) is 37.2 Å². The van der Waals surface area contributed by atoms with E-state index in [4.69, 9.17) is 9.47 Å². The molecule has 0 saturated heterocycles. The number of fused-ring (bicyclic) bond motifs is 1. The molecule has 152 valence electrons. The van der Waals surface area contributed by atoms with Gasteiger partial charge in [-0.2, -0.15) is 0 Å². The quantitative estimate of drug-likeness (QED) is 0.764. The fraction of sp³-hybridized carbons (Fsp3) is 0.375. The summed E-state index contributed by atoms with van der Waals surface area (Å²) in [4.78, 5) is 15.3. The number of nitrogens with zero attached hydrogens (tertiary/aromatic N) is 1. The highest BCUT2D eigenvalue weighted by atomic mass is 16.5. The summed E-state index contributed by atoms with van der Waals surface area (Å²) in [7, 11) is 3.14. The number of carbonyl (C=O) groups is 1. The Kier molecular flexibility index (Phi) is 5.69. The first-order valence-corrected chi connectivity index (χ1v) is 10.0. The Hall–Kier alpha value is -2.63. The molecule has 29 heavy (non-hydrogen) atoms. The van der Waals surface area contributed by atoms with Gasteiger partial charge in [0.05, 0.1) is 26.2 Å². The molecule has 0 fully saturated rings. The normalized spacial score (nSPS) is 20.2. The lowest BCUT2D eigenvalue weighted by atomic mass is 9.89. The number of ether oxygens (including phenoxy) is 2. The maximum Gasteiger partial charge on any atom is 0.169 e. The van der Waals surface area contributed by atoms with E-state index in [1.54, 1.807) is 20.3 Å². The van der Waals surface area contributed by atoms with E-state index in [0.29, 0.717) is 23.5 Å². The zero-order valence-electron chi connectivity index (χ0n) is 16.9. The minimum absolute atomic E-state index is 0.0129. The van der Waals surface area contributed by atoms with Gasteiger partial charge in [-0.3, -0.25) is 9.69 Å². The average molecular weight is 393 g/mol. The van der Waals surface area contributed by atoms with Crippen molar-refractivity contribution in [3.05, 3.63) is 70.8 Å². The lowest BCUT2D eigenvalue weighted by Gasteiger charge is -2.29. The summed E-state index contributed by atoms with van der Waals surface area (Å²) in [5.41, 5.74) is 3.81. The average Bonchev–Trinajstić information content (AvgIpc) is 3.09. The van der Waals surface area contributed by atoms with Gasteiger partial charge in [0.25, 0.3) is 0 Å². The molecule has 0 aromatic heterocycles. The number of rotatable bonds is 6. The van der Waals surface area contributed by atoms with Gasteiger partial charge in [0.2, 0.25) is 0 Å². The highest BCUT2D eigenvalue weighted by molar-refractivity contribution is 6.03. The van der Waals surface area contributed by atoms with Crippen LogP contribution in [0.1, 0.15) is 27.9 Å². The monoisotopic (exact) mass is 393 g/mol. The molecule has 2 atom stereocenters. The molecule has 2 aromatic rings. The number of ketones is 1. The summed E-state index contributed by atoms with van der Waals surface area (Å²) in [5.74, 6) is 0.709. The van der Waals surface area contributed by atoms with Crippen LogP contribution in [0.3, 0.4) is 0 Å². The van der Waals surface area contributed by atoms with Crippen molar-refractivity contribution in [1.29, 1.82) is 0 Å². The SMILES string of the molecule is COc1cc2c(cc1OC)C(=O)[C@H]([C@@H](O)C1=CCN(Cc3ccccc3)CC1)C2.